The van der Waals surface area contributed by atoms with Gasteiger partial charge in [0.25, 0.3) is 5.91 Å². The number of amides is 2. The van der Waals surface area contributed by atoms with E-state index in [1.165, 1.54) is 4.90 Å². The first kappa shape index (κ1) is 24.6. The molecule has 0 radical (unpaired) electrons. The fourth-order valence-electron chi connectivity index (χ4n) is 4.51. The molecule has 2 aliphatic heterocycles. The number of esters is 1. The number of ketones is 1. The smallest absolute Gasteiger partial charge is 0.338 e. The SMILES string of the molecule is CCCCOC(=O)c1ccc(N2C(=O)C[C@@H](N3CCN(c4ccc(C(C)=O)cc4)CC3)C2=O)cc1. The van der Waals surface area contributed by atoms with E-state index >= 15 is 0 Å². The van der Waals surface area contributed by atoms with Crippen molar-refractivity contribution in [2.75, 3.05) is 42.6 Å². The minimum absolute atomic E-state index is 0.0388. The Morgan fingerprint density at radius 2 is 1.49 bits per heavy atom. The highest BCUT2D eigenvalue weighted by atomic mass is 16.5. The van der Waals surface area contributed by atoms with Crippen LogP contribution in [0.25, 0.3) is 0 Å². The van der Waals surface area contributed by atoms with Crippen LogP contribution in [0.3, 0.4) is 0 Å². The van der Waals surface area contributed by atoms with E-state index in [0.717, 1.165) is 31.6 Å². The standard InChI is InChI=1S/C27H31N3O5/c1-3-4-17-35-27(34)21-7-11-23(12-8-21)30-25(32)18-24(26(30)33)29-15-13-28(14-16-29)22-9-5-20(6-10-22)19(2)31/h5-12,24H,3-4,13-18H2,1-2H3/t24-/m1/s1. The van der Waals surface area contributed by atoms with E-state index in [4.69, 9.17) is 4.74 Å². The average Bonchev–Trinajstić information content (AvgIpc) is 3.18. The molecule has 2 saturated heterocycles. The molecule has 8 heteroatoms. The lowest BCUT2D eigenvalue weighted by Crippen LogP contribution is -2.52. The molecule has 0 aliphatic carbocycles. The first-order chi connectivity index (χ1) is 16.9. The summed E-state index contributed by atoms with van der Waals surface area (Å²) in [4.78, 5) is 55.1. The predicted octanol–water partition coefficient (Wildman–Crippen LogP) is 3.30. The van der Waals surface area contributed by atoms with Crippen LogP contribution in [0.4, 0.5) is 11.4 Å². The maximum Gasteiger partial charge on any atom is 0.338 e. The Morgan fingerprint density at radius 3 is 2.09 bits per heavy atom. The lowest BCUT2D eigenvalue weighted by atomic mass is 10.1. The molecule has 0 bridgehead atoms. The summed E-state index contributed by atoms with van der Waals surface area (Å²) in [7, 11) is 0. The molecule has 0 N–H and O–H groups in total. The van der Waals surface area contributed by atoms with Gasteiger partial charge in [0, 0.05) is 37.4 Å². The maximum atomic E-state index is 13.2. The van der Waals surface area contributed by atoms with Crippen LogP contribution < -0.4 is 9.80 Å². The Bertz CT molecular complexity index is 1090. The summed E-state index contributed by atoms with van der Waals surface area (Å²) in [5.74, 6) is -0.833. The molecule has 2 aromatic carbocycles. The minimum atomic E-state index is -0.483. The molecule has 2 aromatic rings. The van der Waals surface area contributed by atoms with Gasteiger partial charge < -0.3 is 9.64 Å². The van der Waals surface area contributed by atoms with E-state index in [-0.39, 0.29) is 24.0 Å². The molecule has 0 unspecified atom stereocenters. The number of hydrogen-bond donors (Lipinski definition) is 0. The number of hydrogen-bond acceptors (Lipinski definition) is 7. The fourth-order valence-corrected chi connectivity index (χ4v) is 4.51. The Labute approximate surface area is 205 Å². The van der Waals surface area contributed by atoms with Gasteiger partial charge in [-0.25, -0.2) is 9.69 Å². The second-order valence-electron chi connectivity index (χ2n) is 8.95. The van der Waals surface area contributed by atoms with E-state index < -0.39 is 12.0 Å². The molecule has 2 aliphatic rings. The van der Waals surface area contributed by atoms with Crippen LogP contribution in [0.5, 0.6) is 0 Å². The summed E-state index contributed by atoms with van der Waals surface area (Å²) in [5, 5.41) is 0. The number of ether oxygens (including phenoxy) is 1. The van der Waals surface area contributed by atoms with Crippen molar-refractivity contribution in [1.29, 1.82) is 0 Å². The number of nitrogens with zero attached hydrogens (tertiary/aromatic N) is 3. The van der Waals surface area contributed by atoms with Gasteiger partial charge in [0.05, 0.1) is 30.3 Å². The number of rotatable bonds is 8. The lowest BCUT2D eigenvalue weighted by Gasteiger charge is -2.38. The van der Waals surface area contributed by atoms with Crippen molar-refractivity contribution in [2.45, 2.75) is 39.2 Å². The van der Waals surface area contributed by atoms with E-state index in [9.17, 15) is 19.2 Å². The van der Waals surface area contributed by atoms with Gasteiger partial charge in [-0.3, -0.25) is 19.3 Å². The van der Waals surface area contributed by atoms with Crippen molar-refractivity contribution in [3.8, 4) is 0 Å². The van der Waals surface area contributed by atoms with E-state index in [0.29, 0.717) is 36.5 Å². The van der Waals surface area contributed by atoms with Gasteiger partial charge in [0.15, 0.2) is 5.78 Å². The summed E-state index contributed by atoms with van der Waals surface area (Å²) < 4.78 is 5.22. The molecular formula is C27H31N3O5. The van der Waals surface area contributed by atoms with Crippen molar-refractivity contribution in [1.82, 2.24) is 4.90 Å². The van der Waals surface area contributed by atoms with Gasteiger partial charge in [0.2, 0.25) is 5.91 Å². The molecule has 1 atom stereocenters. The van der Waals surface area contributed by atoms with Gasteiger partial charge in [-0.05, 0) is 61.9 Å². The summed E-state index contributed by atoms with van der Waals surface area (Å²) in [6.07, 6.45) is 1.89. The Hall–Kier alpha value is -3.52. The number of carbonyl (C=O) groups excluding carboxylic acids is 4. The number of anilines is 2. The van der Waals surface area contributed by atoms with Gasteiger partial charge >= 0.3 is 5.97 Å². The third-order valence-electron chi connectivity index (χ3n) is 6.61. The highest BCUT2D eigenvalue weighted by Gasteiger charge is 2.43. The molecule has 4 rings (SSSR count). The highest BCUT2D eigenvalue weighted by Crippen LogP contribution is 2.27. The predicted molar refractivity (Wildman–Crippen MR) is 133 cm³/mol. The van der Waals surface area contributed by atoms with Crippen LogP contribution in [0.1, 0.15) is 53.8 Å². The summed E-state index contributed by atoms with van der Waals surface area (Å²) in [6, 6.07) is 13.5. The van der Waals surface area contributed by atoms with Crippen molar-refractivity contribution in [3.05, 3.63) is 59.7 Å². The van der Waals surface area contributed by atoms with Crippen LogP contribution in [0.15, 0.2) is 48.5 Å². The zero-order valence-corrected chi connectivity index (χ0v) is 20.2. The second-order valence-corrected chi connectivity index (χ2v) is 8.95. The molecular weight excluding hydrogens is 446 g/mol. The minimum Gasteiger partial charge on any atom is -0.462 e. The third kappa shape index (κ3) is 5.43. The van der Waals surface area contributed by atoms with Gasteiger partial charge in [0.1, 0.15) is 0 Å². The molecule has 184 valence electrons. The summed E-state index contributed by atoms with van der Waals surface area (Å²) in [5.41, 5.74) is 2.59. The maximum absolute atomic E-state index is 13.2. The number of piperazine rings is 1. The second kappa shape index (κ2) is 10.8. The van der Waals surface area contributed by atoms with E-state index in [2.05, 4.69) is 9.80 Å². The van der Waals surface area contributed by atoms with Crippen LogP contribution in [0.2, 0.25) is 0 Å². The largest absolute Gasteiger partial charge is 0.462 e. The zero-order valence-electron chi connectivity index (χ0n) is 20.2. The third-order valence-corrected chi connectivity index (χ3v) is 6.61. The Balaban J connectivity index is 1.36. The molecule has 2 amide bonds. The molecule has 2 fully saturated rings. The molecule has 0 spiro atoms. The van der Waals surface area contributed by atoms with Crippen LogP contribution in [-0.4, -0.2) is 67.3 Å². The van der Waals surface area contributed by atoms with Crippen molar-refractivity contribution in [2.24, 2.45) is 0 Å². The van der Waals surface area contributed by atoms with Gasteiger partial charge in [-0.15, -0.1) is 0 Å². The van der Waals surface area contributed by atoms with Crippen molar-refractivity contribution >= 4 is 34.9 Å². The number of benzene rings is 2. The number of imide groups is 1. The molecule has 2 heterocycles. The highest BCUT2D eigenvalue weighted by molar-refractivity contribution is 6.22. The first-order valence-corrected chi connectivity index (χ1v) is 12.1. The summed E-state index contributed by atoms with van der Waals surface area (Å²) in [6.45, 7) is 6.73. The van der Waals surface area contributed by atoms with E-state index in [1.54, 1.807) is 31.2 Å². The van der Waals surface area contributed by atoms with Crippen molar-refractivity contribution in [3.63, 3.8) is 0 Å². The number of Topliss-reactive ketones (excluding diaryl/α,β-unsaturated/α-hetero) is 1. The monoisotopic (exact) mass is 477 g/mol. The molecule has 0 aromatic heterocycles. The summed E-state index contributed by atoms with van der Waals surface area (Å²) >= 11 is 0. The Kier molecular flexibility index (Phi) is 7.60. The molecule has 8 nitrogen and oxygen atoms in total. The molecule has 0 saturated carbocycles. The first-order valence-electron chi connectivity index (χ1n) is 12.1. The fraction of sp³-hybridized carbons (Fsp3) is 0.407. The van der Waals surface area contributed by atoms with Crippen LogP contribution in [0, 0.1) is 0 Å². The van der Waals surface area contributed by atoms with Crippen molar-refractivity contribution < 1.29 is 23.9 Å². The zero-order chi connectivity index (χ0) is 24.9. The number of carbonyl (C=O) groups is 4. The Morgan fingerprint density at radius 1 is 0.886 bits per heavy atom. The topological polar surface area (TPSA) is 87.2 Å². The van der Waals surface area contributed by atoms with Crippen LogP contribution >= 0.6 is 0 Å². The quantitative estimate of drug-likeness (QED) is 0.250. The average molecular weight is 478 g/mol. The van der Waals surface area contributed by atoms with Crippen LogP contribution in [-0.2, 0) is 14.3 Å². The normalized spacial score (nSPS) is 18.7. The number of unbranched alkanes of at least 4 members (excludes halogenated alkanes) is 1. The molecule has 35 heavy (non-hydrogen) atoms. The lowest BCUT2D eigenvalue weighted by molar-refractivity contribution is -0.123. The van der Waals surface area contributed by atoms with Gasteiger partial charge in [-0.1, -0.05) is 13.3 Å². The van der Waals surface area contributed by atoms with E-state index in [1.807, 2.05) is 31.2 Å². The van der Waals surface area contributed by atoms with Gasteiger partial charge in [-0.2, -0.15) is 0 Å².